The Bertz CT molecular complexity index is 251. The molecule has 0 unspecified atom stereocenters. The number of hydrogen-bond donors (Lipinski definition) is 2. The molecule has 0 aliphatic carbocycles. The highest BCUT2D eigenvalue weighted by molar-refractivity contribution is 5.85. The largest absolute Gasteiger partial charge is 0.397 e. The number of anilines is 2. The van der Waals surface area contributed by atoms with E-state index < -0.39 is 0 Å². The van der Waals surface area contributed by atoms with Crippen LogP contribution in [0.5, 0.6) is 0 Å². The summed E-state index contributed by atoms with van der Waals surface area (Å²) in [5.74, 6) is 0. The molecule has 0 spiro atoms. The highest BCUT2D eigenvalue weighted by Gasteiger charge is 1.95. The van der Waals surface area contributed by atoms with Gasteiger partial charge in [0.1, 0.15) is 0 Å². The number of rotatable bonds is 2. The molecule has 2 nitrogen and oxygen atoms in total. The van der Waals surface area contributed by atoms with E-state index in [9.17, 15) is 0 Å². The van der Waals surface area contributed by atoms with E-state index in [0.29, 0.717) is 0 Å². The summed E-state index contributed by atoms with van der Waals surface area (Å²) in [6, 6.07) is 6.03. The number of benzene rings is 1. The molecule has 0 aliphatic rings. The van der Waals surface area contributed by atoms with E-state index in [1.165, 1.54) is 5.56 Å². The Hall–Kier alpha value is -0.600. The Morgan fingerprint density at radius 1 is 1.31 bits per heavy atom. The van der Waals surface area contributed by atoms with Gasteiger partial charge in [-0.25, -0.2) is 0 Å². The Labute approximate surface area is 91.7 Å². The van der Waals surface area contributed by atoms with Crippen LogP contribution in [-0.2, 0) is 0 Å². The molecule has 0 saturated carbocycles. The van der Waals surface area contributed by atoms with Crippen molar-refractivity contribution in [2.75, 3.05) is 17.6 Å². The average molecular weight is 223 g/mol. The summed E-state index contributed by atoms with van der Waals surface area (Å²) >= 11 is 0. The number of nitrogens with two attached hydrogens (primary N) is 1. The number of nitrogens with one attached hydrogen (secondary N) is 1. The zero-order valence-electron chi connectivity index (χ0n) is 7.83. The van der Waals surface area contributed by atoms with E-state index in [1.54, 1.807) is 0 Å². The lowest BCUT2D eigenvalue weighted by atomic mass is 10.2. The Kier molecular flexibility index (Phi) is 7.87. The molecule has 0 fully saturated rings. The third-order valence-electron chi connectivity index (χ3n) is 1.57. The molecule has 1 aromatic carbocycles. The van der Waals surface area contributed by atoms with Crippen LogP contribution in [0.1, 0.15) is 12.5 Å². The Balaban J connectivity index is 0. The van der Waals surface area contributed by atoms with Crippen LogP contribution in [0, 0.1) is 6.92 Å². The van der Waals surface area contributed by atoms with Crippen molar-refractivity contribution in [3.05, 3.63) is 23.8 Å². The van der Waals surface area contributed by atoms with Gasteiger partial charge in [0.25, 0.3) is 0 Å². The van der Waals surface area contributed by atoms with Crippen LogP contribution in [-0.4, -0.2) is 6.54 Å². The van der Waals surface area contributed by atoms with Crippen molar-refractivity contribution in [2.24, 2.45) is 0 Å². The average Bonchev–Trinajstić information content (AvgIpc) is 1.95. The Morgan fingerprint density at radius 2 is 1.92 bits per heavy atom. The molecule has 0 amide bonds. The lowest BCUT2D eigenvalue weighted by Gasteiger charge is -2.06. The van der Waals surface area contributed by atoms with Gasteiger partial charge in [0, 0.05) is 6.54 Å². The van der Waals surface area contributed by atoms with Gasteiger partial charge in [0.2, 0.25) is 0 Å². The third kappa shape index (κ3) is 4.25. The molecule has 76 valence electrons. The third-order valence-corrected chi connectivity index (χ3v) is 1.57. The molecule has 0 atom stereocenters. The lowest BCUT2D eigenvalue weighted by Crippen LogP contribution is -2.00. The van der Waals surface area contributed by atoms with Crippen LogP contribution in [0.2, 0.25) is 0 Å². The van der Waals surface area contributed by atoms with Crippen LogP contribution in [0.3, 0.4) is 0 Å². The Morgan fingerprint density at radius 3 is 2.38 bits per heavy atom. The maximum atomic E-state index is 5.74. The predicted octanol–water partition coefficient (Wildman–Crippen LogP) is 2.85. The van der Waals surface area contributed by atoms with E-state index in [2.05, 4.69) is 12.2 Å². The number of halogens is 2. The number of hydrogen-bond acceptors (Lipinski definition) is 2. The summed E-state index contributed by atoms with van der Waals surface area (Å²) in [6.45, 7) is 5.00. The molecule has 0 heterocycles. The fourth-order valence-corrected chi connectivity index (χ4v) is 1.03. The lowest BCUT2D eigenvalue weighted by molar-refractivity contribution is 1.21. The fraction of sp³-hybridized carbons (Fsp3) is 0.333. The van der Waals surface area contributed by atoms with Gasteiger partial charge in [-0.2, -0.15) is 0 Å². The minimum Gasteiger partial charge on any atom is -0.397 e. The summed E-state index contributed by atoms with van der Waals surface area (Å²) < 4.78 is 0. The monoisotopic (exact) mass is 222 g/mol. The van der Waals surface area contributed by atoms with E-state index >= 15 is 0 Å². The first kappa shape index (κ1) is 14.9. The second-order valence-corrected chi connectivity index (χ2v) is 2.62. The first-order chi connectivity index (χ1) is 5.24. The van der Waals surface area contributed by atoms with Gasteiger partial charge in [-0.15, -0.1) is 24.8 Å². The quantitative estimate of drug-likeness (QED) is 0.756. The minimum absolute atomic E-state index is 0. The summed E-state index contributed by atoms with van der Waals surface area (Å²) in [4.78, 5) is 0. The first-order valence-corrected chi connectivity index (χ1v) is 3.84. The molecule has 0 aliphatic heterocycles. The molecule has 0 bridgehead atoms. The van der Waals surface area contributed by atoms with Gasteiger partial charge >= 0.3 is 0 Å². The summed E-state index contributed by atoms with van der Waals surface area (Å²) in [6.07, 6.45) is 0. The molecule has 0 radical (unpaired) electrons. The molecular weight excluding hydrogens is 207 g/mol. The molecule has 0 saturated heterocycles. The van der Waals surface area contributed by atoms with Crippen LogP contribution in [0.15, 0.2) is 18.2 Å². The van der Waals surface area contributed by atoms with Crippen molar-refractivity contribution in [1.82, 2.24) is 0 Å². The van der Waals surface area contributed by atoms with E-state index in [0.717, 1.165) is 17.9 Å². The van der Waals surface area contributed by atoms with E-state index in [4.69, 9.17) is 5.73 Å². The van der Waals surface area contributed by atoms with Gasteiger partial charge in [0.15, 0.2) is 0 Å². The zero-order chi connectivity index (χ0) is 8.27. The normalized spacial score (nSPS) is 8.15. The van der Waals surface area contributed by atoms with Gasteiger partial charge in [-0.3, -0.25) is 0 Å². The summed E-state index contributed by atoms with van der Waals surface area (Å²) in [5, 5.41) is 3.18. The van der Waals surface area contributed by atoms with E-state index in [1.807, 2.05) is 25.1 Å². The van der Waals surface area contributed by atoms with Gasteiger partial charge in [-0.1, -0.05) is 6.07 Å². The summed E-state index contributed by atoms with van der Waals surface area (Å²) in [7, 11) is 0. The number of nitrogen functional groups attached to an aromatic ring is 1. The SMILES string of the molecule is CCNc1ccc(C)cc1N.Cl.Cl. The maximum Gasteiger partial charge on any atom is 0.0574 e. The topological polar surface area (TPSA) is 38.0 Å². The fourth-order valence-electron chi connectivity index (χ4n) is 1.03. The van der Waals surface area contributed by atoms with Crippen molar-refractivity contribution >= 4 is 36.2 Å². The van der Waals surface area contributed by atoms with Gasteiger partial charge in [-0.05, 0) is 31.5 Å². The smallest absolute Gasteiger partial charge is 0.0574 e. The van der Waals surface area contributed by atoms with Crippen molar-refractivity contribution in [2.45, 2.75) is 13.8 Å². The van der Waals surface area contributed by atoms with Crippen LogP contribution in [0.25, 0.3) is 0 Å². The van der Waals surface area contributed by atoms with Crippen molar-refractivity contribution < 1.29 is 0 Å². The molecule has 1 rings (SSSR count). The van der Waals surface area contributed by atoms with Crippen LogP contribution in [0.4, 0.5) is 11.4 Å². The molecule has 0 aromatic heterocycles. The molecular formula is C9H16Cl2N2. The van der Waals surface area contributed by atoms with E-state index in [-0.39, 0.29) is 24.8 Å². The second kappa shape index (κ2) is 6.87. The highest BCUT2D eigenvalue weighted by Crippen LogP contribution is 2.18. The van der Waals surface area contributed by atoms with Crippen LogP contribution < -0.4 is 11.1 Å². The number of aryl methyl sites for hydroxylation is 1. The molecule has 1 aromatic rings. The zero-order valence-corrected chi connectivity index (χ0v) is 9.47. The predicted molar refractivity (Wildman–Crippen MR) is 64.3 cm³/mol. The molecule has 4 heteroatoms. The van der Waals surface area contributed by atoms with Crippen molar-refractivity contribution in [3.63, 3.8) is 0 Å². The second-order valence-electron chi connectivity index (χ2n) is 2.62. The first-order valence-electron chi connectivity index (χ1n) is 3.84. The highest BCUT2D eigenvalue weighted by atomic mass is 35.5. The van der Waals surface area contributed by atoms with Crippen molar-refractivity contribution in [3.8, 4) is 0 Å². The summed E-state index contributed by atoms with van der Waals surface area (Å²) in [5.41, 5.74) is 8.80. The van der Waals surface area contributed by atoms with Gasteiger partial charge in [0.05, 0.1) is 11.4 Å². The van der Waals surface area contributed by atoms with Crippen molar-refractivity contribution in [1.29, 1.82) is 0 Å². The molecule has 13 heavy (non-hydrogen) atoms. The standard InChI is InChI=1S/C9H14N2.2ClH/c1-3-11-9-5-4-7(2)6-8(9)10;;/h4-6,11H,3,10H2,1-2H3;2*1H. The van der Waals surface area contributed by atoms with Gasteiger partial charge < -0.3 is 11.1 Å². The minimum atomic E-state index is 0. The molecule has 3 N–H and O–H groups in total. The maximum absolute atomic E-state index is 5.74. The van der Waals surface area contributed by atoms with Crippen LogP contribution >= 0.6 is 24.8 Å².